The van der Waals surface area contributed by atoms with Gasteiger partial charge >= 0.3 is 0 Å². The summed E-state index contributed by atoms with van der Waals surface area (Å²) in [4.78, 5) is 12.7. The molecule has 5 heteroatoms. The molecule has 1 aromatic carbocycles. The van der Waals surface area contributed by atoms with Gasteiger partial charge in [-0.3, -0.25) is 10.0 Å². The van der Waals surface area contributed by atoms with Gasteiger partial charge in [0.1, 0.15) is 0 Å². The molecule has 0 bridgehead atoms. The number of carbonyl (C=O) groups excluding carboxylic acids is 1. The minimum Gasteiger partial charge on any atom is -0.397 e. The second-order valence-corrected chi connectivity index (χ2v) is 3.52. The summed E-state index contributed by atoms with van der Waals surface area (Å²) in [6.45, 7) is 0. The molecule has 1 amide bonds. The van der Waals surface area contributed by atoms with Gasteiger partial charge in [-0.05, 0) is 23.8 Å². The van der Waals surface area contributed by atoms with Crippen LogP contribution < -0.4 is 16.1 Å². The number of nitrogen functional groups attached to an aromatic ring is 1. The van der Waals surface area contributed by atoms with Crippen LogP contribution in [0.5, 0.6) is 0 Å². The number of rotatable bonds is 3. The fourth-order valence-corrected chi connectivity index (χ4v) is 1.29. The maximum absolute atomic E-state index is 10.8. The van der Waals surface area contributed by atoms with E-state index in [2.05, 4.69) is 0 Å². The third-order valence-corrected chi connectivity index (χ3v) is 2.07. The molecule has 86 valence electrons. The summed E-state index contributed by atoms with van der Waals surface area (Å²) in [6, 6.07) is 5.47. The first kappa shape index (κ1) is 12.1. The zero-order chi connectivity index (χ0) is 12.1. The number of nitrogens with one attached hydrogen (secondary N) is 1. The van der Waals surface area contributed by atoms with Crippen molar-refractivity contribution < 1.29 is 10.0 Å². The summed E-state index contributed by atoms with van der Waals surface area (Å²) in [6.07, 6.45) is 2.80. The van der Waals surface area contributed by atoms with Gasteiger partial charge in [0.2, 0.25) is 0 Å². The Kier molecular flexibility index (Phi) is 3.90. The molecule has 0 radical (unpaired) electrons. The van der Waals surface area contributed by atoms with Gasteiger partial charge in [0.05, 0.1) is 11.4 Å². The van der Waals surface area contributed by atoms with Gasteiger partial charge in [-0.2, -0.15) is 0 Å². The number of benzene rings is 1. The lowest BCUT2D eigenvalue weighted by molar-refractivity contribution is -0.124. The Balaban J connectivity index is 2.89. The zero-order valence-electron chi connectivity index (χ0n) is 9.27. The molecule has 0 saturated heterocycles. The number of hydroxylamine groups is 1. The first-order chi connectivity index (χ1) is 7.54. The summed E-state index contributed by atoms with van der Waals surface area (Å²) in [5.41, 5.74) is 9.70. The van der Waals surface area contributed by atoms with Crippen molar-refractivity contribution in [2.45, 2.75) is 0 Å². The second-order valence-electron chi connectivity index (χ2n) is 3.52. The topological polar surface area (TPSA) is 78.6 Å². The minimum atomic E-state index is -0.574. The lowest BCUT2D eigenvalue weighted by Gasteiger charge is -2.15. The van der Waals surface area contributed by atoms with Crippen molar-refractivity contribution in [2.75, 3.05) is 24.7 Å². The number of nitrogens with two attached hydrogens (primary N) is 1. The smallest absolute Gasteiger partial charge is 0.267 e. The molecule has 0 aliphatic carbocycles. The Labute approximate surface area is 94.1 Å². The highest BCUT2D eigenvalue weighted by atomic mass is 16.5. The third kappa shape index (κ3) is 2.99. The van der Waals surface area contributed by atoms with Crippen molar-refractivity contribution in [3.8, 4) is 0 Å². The van der Waals surface area contributed by atoms with Crippen molar-refractivity contribution in [1.82, 2.24) is 5.48 Å². The first-order valence-electron chi connectivity index (χ1n) is 4.73. The second kappa shape index (κ2) is 5.18. The molecule has 0 fully saturated rings. The van der Waals surface area contributed by atoms with Crippen molar-refractivity contribution in [3.63, 3.8) is 0 Å². The molecule has 0 heterocycles. The van der Waals surface area contributed by atoms with Crippen LogP contribution in [0, 0.1) is 0 Å². The summed E-state index contributed by atoms with van der Waals surface area (Å²) < 4.78 is 0. The number of hydrogen-bond donors (Lipinski definition) is 3. The zero-order valence-corrected chi connectivity index (χ0v) is 9.27. The molecule has 1 aromatic rings. The fourth-order valence-electron chi connectivity index (χ4n) is 1.29. The molecule has 5 nitrogen and oxygen atoms in total. The average molecular weight is 221 g/mol. The third-order valence-electron chi connectivity index (χ3n) is 2.07. The molecule has 0 aliphatic heterocycles. The van der Waals surface area contributed by atoms with Gasteiger partial charge in [0.15, 0.2) is 0 Å². The summed E-state index contributed by atoms with van der Waals surface area (Å²) in [5.74, 6) is -0.574. The Morgan fingerprint density at radius 3 is 2.69 bits per heavy atom. The standard InChI is InChI=1S/C11H15N3O2/c1-14(2)10-5-3-8(7-9(10)12)4-6-11(15)13-16/h3-7,16H,12H2,1-2H3,(H,13,15). The van der Waals surface area contributed by atoms with E-state index in [1.54, 1.807) is 12.1 Å². The number of nitrogens with zero attached hydrogens (tertiary/aromatic N) is 1. The quantitative estimate of drug-likeness (QED) is 0.306. The highest BCUT2D eigenvalue weighted by Gasteiger charge is 2.01. The van der Waals surface area contributed by atoms with E-state index in [1.165, 1.54) is 11.6 Å². The van der Waals surface area contributed by atoms with Crippen LogP contribution in [-0.4, -0.2) is 25.2 Å². The molecule has 0 atom stereocenters. The van der Waals surface area contributed by atoms with Crippen molar-refractivity contribution >= 4 is 23.4 Å². The fraction of sp³-hybridized carbons (Fsp3) is 0.182. The molecule has 0 spiro atoms. The van der Waals surface area contributed by atoms with Gasteiger partial charge in [-0.15, -0.1) is 0 Å². The van der Waals surface area contributed by atoms with Gasteiger partial charge in [-0.25, -0.2) is 5.48 Å². The predicted molar refractivity (Wildman–Crippen MR) is 64.1 cm³/mol. The highest BCUT2D eigenvalue weighted by Crippen LogP contribution is 2.22. The van der Waals surface area contributed by atoms with Gasteiger partial charge in [0, 0.05) is 20.2 Å². The molecule has 0 aliphatic rings. The van der Waals surface area contributed by atoms with E-state index in [4.69, 9.17) is 10.9 Å². The van der Waals surface area contributed by atoms with E-state index in [0.29, 0.717) is 5.69 Å². The molecular formula is C11H15N3O2. The van der Waals surface area contributed by atoms with Crippen LogP contribution in [0.4, 0.5) is 11.4 Å². The van der Waals surface area contributed by atoms with E-state index >= 15 is 0 Å². The van der Waals surface area contributed by atoms with Crippen molar-refractivity contribution in [1.29, 1.82) is 0 Å². The first-order valence-corrected chi connectivity index (χ1v) is 4.73. The summed E-state index contributed by atoms with van der Waals surface area (Å²) in [7, 11) is 3.81. The maximum atomic E-state index is 10.8. The average Bonchev–Trinajstić information content (AvgIpc) is 2.25. The summed E-state index contributed by atoms with van der Waals surface area (Å²) in [5, 5.41) is 8.30. The van der Waals surface area contributed by atoms with Gasteiger partial charge in [-0.1, -0.05) is 6.07 Å². The van der Waals surface area contributed by atoms with Crippen LogP contribution in [0.2, 0.25) is 0 Å². The number of hydrogen-bond acceptors (Lipinski definition) is 4. The van der Waals surface area contributed by atoms with E-state index in [-0.39, 0.29) is 0 Å². The van der Waals surface area contributed by atoms with E-state index in [0.717, 1.165) is 11.3 Å². The Morgan fingerprint density at radius 2 is 2.19 bits per heavy atom. The van der Waals surface area contributed by atoms with Crippen LogP contribution in [0.3, 0.4) is 0 Å². The van der Waals surface area contributed by atoms with E-state index < -0.39 is 5.91 Å². The summed E-state index contributed by atoms with van der Waals surface area (Å²) >= 11 is 0. The van der Waals surface area contributed by atoms with Crippen LogP contribution in [0.25, 0.3) is 6.08 Å². The molecule has 0 unspecified atom stereocenters. The van der Waals surface area contributed by atoms with Crippen LogP contribution in [-0.2, 0) is 4.79 Å². The Hall–Kier alpha value is -2.01. The van der Waals surface area contributed by atoms with E-state index in [9.17, 15) is 4.79 Å². The van der Waals surface area contributed by atoms with Gasteiger partial charge < -0.3 is 10.6 Å². The maximum Gasteiger partial charge on any atom is 0.267 e. The monoisotopic (exact) mass is 221 g/mol. The van der Waals surface area contributed by atoms with Crippen LogP contribution in [0.15, 0.2) is 24.3 Å². The molecular weight excluding hydrogens is 206 g/mol. The number of amides is 1. The Bertz CT molecular complexity index is 414. The molecule has 0 saturated carbocycles. The predicted octanol–water partition coefficient (Wildman–Crippen LogP) is 0.853. The van der Waals surface area contributed by atoms with Crippen molar-refractivity contribution in [3.05, 3.63) is 29.8 Å². The Morgan fingerprint density at radius 1 is 1.50 bits per heavy atom. The molecule has 0 aromatic heterocycles. The van der Waals surface area contributed by atoms with Crippen LogP contribution >= 0.6 is 0 Å². The molecule has 4 N–H and O–H groups in total. The van der Waals surface area contributed by atoms with E-state index in [1.807, 2.05) is 31.1 Å². The van der Waals surface area contributed by atoms with Gasteiger partial charge in [0.25, 0.3) is 5.91 Å². The number of anilines is 2. The van der Waals surface area contributed by atoms with Crippen LogP contribution in [0.1, 0.15) is 5.56 Å². The SMILES string of the molecule is CN(C)c1ccc(C=CC(=O)NO)cc1N. The number of carbonyl (C=O) groups is 1. The largest absolute Gasteiger partial charge is 0.397 e. The minimum absolute atomic E-state index is 0.574. The molecule has 1 rings (SSSR count). The molecule has 16 heavy (non-hydrogen) atoms. The lowest BCUT2D eigenvalue weighted by atomic mass is 10.1. The normalized spacial score (nSPS) is 10.4. The lowest BCUT2D eigenvalue weighted by Crippen LogP contribution is -2.14. The highest BCUT2D eigenvalue weighted by molar-refractivity contribution is 5.91. The van der Waals surface area contributed by atoms with Crippen molar-refractivity contribution in [2.24, 2.45) is 0 Å².